The van der Waals surface area contributed by atoms with Gasteiger partial charge in [0.05, 0.1) is 0 Å². The number of hydrogen-bond acceptors (Lipinski definition) is 4. The molecule has 0 aliphatic heterocycles. The molecule has 196 valence electrons. The number of hydrogen-bond donors (Lipinski definition) is 3. The molecule has 37 heavy (non-hydrogen) atoms. The van der Waals surface area contributed by atoms with Crippen LogP contribution in [0.25, 0.3) is 0 Å². The normalized spacial score (nSPS) is 12.0. The third-order valence-corrected chi connectivity index (χ3v) is 4.86. The highest BCUT2D eigenvalue weighted by molar-refractivity contribution is 5.99. The van der Waals surface area contributed by atoms with E-state index >= 15 is 0 Å². The van der Waals surface area contributed by atoms with Gasteiger partial charge >= 0.3 is 24.1 Å². The summed E-state index contributed by atoms with van der Waals surface area (Å²) < 4.78 is 96.8. The minimum absolute atomic E-state index is 0.136. The number of nitrogens with one attached hydrogen (secondary N) is 3. The quantitative estimate of drug-likeness (QED) is 0.333. The van der Waals surface area contributed by atoms with Crippen LogP contribution in [-0.4, -0.2) is 36.3 Å². The molecule has 0 aliphatic rings. The van der Waals surface area contributed by atoms with Gasteiger partial charge in [-0.2, -0.15) is 26.3 Å². The van der Waals surface area contributed by atoms with Crippen LogP contribution >= 0.6 is 0 Å². The van der Waals surface area contributed by atoms with Crippen LogP contribution in [-0.2, 0) is 5.67 Å². The van der Waals surface area contributed by atoms with Crippen molar-refractivity contribution in [3.8, 4) is 11.5 Å². The summed E-state index contributed by atoms with van der Waals surface area (Å²) >= 11 is 0. The fourth-order valence-electron chi connectivity index (χ4n) is 3.03. The van der Waals surface area contributed by atoms with E-state index in [9.17, 15) is 40.3 Å². The lowest BCUT2D eigenvalue weighted by Gasteiger charge is -2.30. The number of carbonyl (C=O) groups excluding carboxylic acids is 2. The smallest absolute Gasteiger partial charge is 0.435 e. The molecule has 3 N–H and O–H groups in total. The van der Waals surface area contributed by atoms with Gasteiger partial charge < -0.3 is 20.7 Å². The third-order valence-electron chi connectivity index (χ3n) is 4.86. The molecule has 0 bridgehead atoms. The van der Waals surface area contributed by atoms with Gasteiger partial charge in [0, 0.05) is 36.2 Å². The zero-order valence-corrected chi connectivity index (χ0v) is 18.7. The van der Waals surface area contributed by atoms with Gasteiger partial charge in [-0.3, -0.25) is 9.78 Å². The number of ether oxygens (including phenoxy) is 1. The zero-order valence-electron chi connectivity index (χ0n) is 18.7. The largest absolute Gasteiger partial charge is 0.457 e. The average Bonchev–Trinajstić information content (AvgIpc) is 2.83. The number of aromatic nitrogens is 1. The molecule has 0 fully saturated rings. The van der Waals surface area contributed by atoms with Crippen molar-refractivity contribution in [2.75, 3.05) is 17.7 Å². The van der Waals surface area contributed by atoms with Crippen LogP contribution in [0.2, 0.25) is 0 Å². The molecule has 0 unspecified atom stereocenters. The highest BCUT2D eigenvalue weighted by Gasteiger charge is 2.73. The van der Waals surface area contributed by atoms with Crippen LogP contribution in [0.1, 0.15) is 16.1 Å². The summed E-state index contributed by atoms with van der Waals surface area (Å²) in [5, 5.41) is 7.04. The van der Waals surface area contributed by atoms with Crippen molar-refractivity contribution in [1.29, 1.82) is 0 Å². The number of carbonyl (C=O) groups is 2. The summed E-state index contributed by atoms with van der Waals surface area (Å²) in [5.74, 6) is 0.263. The second-order valence-corrected chi connectivity index (χ2v) is 7.39. The van der Waals surface area contributed by atoms with Gasteiger partial charge in [-0.25, -0.2) is 9.18 Å². The molecular formula is C23H17F7N4O3. The van der Waals surface area contributed by atoms with Crippen molar-refractivity contribution in [2.45, 2.75) is 18.0 Å². The van der Waals surface area contributed by atoms with Gasteiger partial charge in [0.15, 0.2) is 0 Å². The van der Waals surface area contributed by atoms with Crippen molar-refractivity contribution in [2.24, 2.45) is 0 Å². The predicted molar refractivity (Wildman–Crippen MR) is 118 cm³/mol. The van der Waals surface area contributed by atoms with E-state index in [-0.39, 0.29) is 29.2 Å². The van der Waals surface area contributed by atoms with E-state index in [1.807, 2.05) is 0 Å². The molecule has 1 heterocycles. The first-order valence-corrected chi connectivity index (χ1v) is 10.2. The Balaban J connectivity index is 1.63. The predicted octanol–water partition coefficient (Wildman–Crippen LogP) is 6.17. The lowest BCUT2D eigenvalue weighted by Crippen LogP contribution is -2.50. The first kappa shape index (κ1) is 27.2. The lowest BCUT2D eigenvalue weighted by molar-refractivity contribution is -0.348. The van der Waals surface area contributed by atoms with E-state index < -0.39 is 35.5 Å². The molecule has 14 heteroatoms. The topological polar surface area (TPSA) is 92.4 Å². The maximum absolute atomic E-state index is 14.1. The van der Waals surface area contributed by atoms with Crippen LogP contribution in [0.5, 0.6) is 11.5 Å². The molecule has 2 aromatic carbocycles. The second-order valence-electron chi connectivity index (χ2n) is 7.39. The Hall–Kier alpha value is -4.36. The van der Waals surface area contributed by atoms with Gasteiger partial charge in [0.1, 0.15) is 17.2 Å². The van der Waals surface area contributed by atoms with E-state index in [0.717, 1.165) is 0 Å². The van der Waals surface area contributed by atoms with Crippen molar-refractivity contribution >= 4 is 23.3 Å². The Kier molecular flexibility index (Phi) is 7.60. The molecule has 0 saturated heterocycles. The molecule has 0 aliphatic carbocycles. The van der Waals surface area contributed by atoms with E-state index in [2.05, 4.69) is 20.9 Å². The standard InChI is InChI=1S/C23H17F7N4O3/c1-31-19(35)18-12-17(10-11-32-18)37-16-8-6-15(7-9-16)34-20(36)33-14-4-2-13(3-5-14)21(24,22(25,26)27)23(28,29)30/h2-12H,1H3,(H,31,35)(H2,33,34,36). The third kappa shape index (κ3) is 6.08. The summed E-state index contributed by atoms with van der Waals surface area (Å²) in [7, 11) is 1.45. The van der Waals surface area contributed by atoms with Crippen LogP contribution in [0.4, 0.5) is 46.9 Å². The molecule has 0 saturated carbocycles. The number of rotatable bonds is 6. The lowest BCUT2D eigenvalue weighted by atomic mass is 9.94. The number of benzene rings is 2. The molecule has 0 atom stereocenters. The number of halogens is 7. The van der Waals surface area contributed by atoms with Crippen LogP contribution in [0.15, 0.2) is 66.9 Å². The highest BCUT2D eigenvalue weighted by Crippen LogP contribution is 2.53. The van der Waals surface area contributed by atoms with Gasteiger partial charge in [0.25, 0.3) is 5.91 Å². The van der Waals surface area contributed by atoms with Crippen molar-refractivity contribution in [1.82, 2.24) is 10.3 Å². The van der Waals surface area contributed by atoms with Crippen LogP contribution in [0, 0.1) is 0 Å². The Bertz CT molecular complexity index is 1250. The minimum atomic E-state index is -6.24. The van der Waals surface area contributed by atoms with Crippen molar-refractivity contribution < 1.29 is 45.1 Å². The van der Waals surface area contributed by atoms with Crippen LogP contribution < -0.4 is 20.7 Å². The number of amides is 3. The number of alkyl halides is 7. The Morgan fingerprint density at radius 2 is 1.27 bits per heavy atom. The van der Waals surface area contributed by atoms with Gasteiger partial charge in [-0.05, 0) is 42.5 Å². The molecule has 3 rings (SSSR count). The minimum Gasteiger partial charge on any atom is -0.457 e. The van der Waals surface area contributed by atoms with E-state index in [4.69, 9.17) is 4.74 Å². The Morgan fingerprint density at radius 1 is 0.757 bits per heavy atom. The monoisotopic (exact) mass is 530 g/mol. The number of pyridine rings is 1. The van der Waals surface area contributed by atoms with Crippen molar-refractivity contribution in [3.63, 3.8) is 0 Å². The molecule has 3 aromatic rings. The van der Waals surface area contributed by atoms with E-state index in [0.29, 0.717) is 23.6 Å². The summed E-state index contributed by atoms with van der Waals surface area (Å²) in [6.07, 6.45) is -11.1. The van der Waals surface area contributed by atoms with E-state index in [1.54, 1.807) is 0 Å². The molecule has 0 spiro atoms. The zero-order chi connectivity index (χ0) is 27.4. The second kappa shape index (κ2) is 10.3. The first-order chi connectivity index (χ1) is 17.2. The van der Waals surface area contributed by atoms with Crippen molar-refractivity contribution in [3.05, 3.63) is 78.1 Å². The summed E-state index contributed by atoms with van der Waals surface area (Å²) in [4.78, 5) is 27.7. The summed E-state index contributed by atoms with van der Waals surface area (Å²) in [6, 6.07) is 9.93. The number of nitrogens with zero attached hydrogens (tertiary/aromatic N) is 1. The highest BCUT2D eigenvalue weighted by atomic mass is 19.4. The Morgan fingerprint density at radius 3 is 1.76 bits per heavy atom. The average molecular weight is 530 g/mol. The molecule has 1 aromatic heterocycles. The fourth-order valence-corrected chi connectivity index (χ4v) is 3.03. The summed E-state index contributed by atoms with van der Waals surface area (Å²) in [6.45, 7) is 0. The van der Waals surface area contributed by atoms with Gasteiger partial charge in [-0.1, -0.05) is 12.1 Å². The first-order valence-electron chi connectivity index (χ1n) is 10.2. The molecule has 3 amide bonds. The number of urea groups is 1. The SMILES string of the molecule is CNC(=O)c1cc(Oc2ccc(NC(=O)Nc3ccc(C(F)(C(F)(F)F)C(F)(F)F)cc3)cc2)ccn1. The molecule has 7 nitrogen and oxygen atoms in total. The van der Waals surface area contributed by atoms with Gasteiger partial charge in [-0.15, -0.1) is 0 Å². The number of anilines is 2. The molecular weight excluding hydrogens is 513 g/mol. The van der Waals surface area contributed by atoms with Crippen LogP contribution in [0.3, 0.4) is 0 Å². The molecule has 0 radical (unpaired) electrons. The fraction of sp³-hybridized carbons (Fsp3) is 0.174. The maximum atomic E-state index is 14.1. The van der Waals surface area contributed by atoms with Gasteiger partial charge in [0.2, 0.25) is 0 Å². The summed E-state index contributed by atoms with van der Waals surface area (Å²) in [5.41, 5.74) is -7.02. The Labute approximate surface area is 204 Å². The van der Waals surface area contributed by atoms with E-state index in [1.165, 1.54) is 49.6 Å². The maximum Gasteiger partial charge on any atom is 0.435 e.